The summed E-state index contributed by atoms with van der Waals surface area (Å²) in [6.07, 6.45) is 15.1. The largest absolute Gasteiger partial charge is 0.477 e. The van der Waals surface area contributed by atoms with Crippen LogP contribution in [0.25, 0.3) is 0 Å². The first-order valence-electron chi connectivity index (χ1n) is 10.8. The molecule has 0 rings (SSSR count). The van der Waals surface area contributed by atoms with Crippen molar-refractivity contribution in [2.75, 3.05) is 13.2 Å². The molecule has 0 aliphatic heterocycles. The topological polar surface area (TPSA) is 76.0 Å². The minimum Gasteiger partial charge on any atom is -0.477 e. The predicted octanol–water partition coefficient (Wildman–Crippen LogP) is 5.29. The lowest BCUT2D eigenvalue weighted by Gasteiger charge is -2.21. The number of aliphatic carboxylic acids is 1. The van der Waals surface area contributed by atoms with Gasteiger partial charge in [0.1, 0.15) is 0 Å². The summed E-state index contributed by atoms with van der Waals surface area (Å²) >= 11 is 0. The monoisotopic (exact) mass is 374 g/mol. The average molecular weight is 375 g/mol. The van der Waals surface area contributed by atoms with Gasteiger partial charge >= 0.3 is 5.97 Å². The Balaban J connectivity index is 3.69. The van der Waals surface area contributed by atoms with E-state index >= 15 is 0 Å². The normalized spacial score (nSPS) is 13.7. The molecule has 0 spiro atoms. The van der Waals surface area contributed by atoms with Crippen molar-refractivity contribution in [2.45, 2.75) is 116 Å². The van der Waals surface area contributed by atoms with Crippen molar-refractivity contribution < 1.29 is 24.5 Å². The fourth-order valence-electron chi connectivity index (χ4n) is 3.00. The molecule has 0 aromatic rings. The summed E-state index contributed by atoms with van der Waals surface area (Å²) in [5.74, 6) is -1.10. The zero-order chi connectivity index (χ0) is 19.5. The molecule has 0 aliphatic rings. The highest BCUT2D eigenvalue weighted by Gasteiger charge is 2.22. The minimum atomic E-state index is -1.22. The summed E-state index contributed by atoms with van der Waals surface area (Å²) in [6, 6.07) is 0. The first-order chi connectivity index (χ1) is 12.7. The number of carbonyl (C=O) groups is 1. The van der Waals surface area contributed by atoms with Gasteiger partial charge in [-0.3, -0.25) is 0 Å². The van der Waals surface area contributed by atoms with Gasteiger partial charge in [0, 0.05) is 6.61 Å². The van der Waals surface area contributed by atoms with Crippen LogP contribution in [0.2, 0.25) is 0 Å². The van der Waals surface area contributed by atoms with E-state index in [-0.39, 0.29) is 19.3 Å². The molecule has 2 N–H and O–H groups in total. The van der Waals surface area contributed by atoms with Gasteiger partial charge < -0.3 is 19.7 Å². The Morgan fingerprint density at radius 2 is 1.38 bits per heavy atom. The van der Waals surface area contributed by atoms with E-state index in [1.807, 2.05) is 6.92 Å². The fraction of sp³-hybridized carbons (Fsp3) is 0.952. The second-order valence-corrected chi connectivity index (χ2v) is 7.11. The number of hydrogen-bond acceptors (Lipinski definition) is 4. The Bertz CT molecular complexity index is 309. The Hall–Kier alpha value is -0.650. The molecule has 0 aromatic heterocycles. The number of ether oxygens (including phenoxy) is 2. The zero-order valence-corrected chi connectivity index (χ0v) is 17.1. The maximum atomic E-state index is 11.2. The molecule has 0 amide bonds. The molecule has 156 valence electrons. The molecule has 2 atom stereocenters. The third-order valence-electron chi connectivity index (χ3n) is 4.67. The molecule has 0 bridgehead atoms. The second kappa shape index (κ2) is 19.1. The predicted molar refractivity (Wildman–Crippen MR) is 105 cm³/mol. The van der Waals surface area contributed by atoms with Crippen molar-refractivity contribution in [1.82, 2.24) is 0 Å². The SMILES string of the molecule is CCCCCCCCCCCCCC(CC)OC(OCCCO)C(=O)O. The molecule has 0 aromatic carbocycles. The summed E-state index contributed by atoms with van der Waals surface area (Å²) in [5, 5.41) is 17.9. The number of rotatable bonds is 20. The molecular formula is C21H42O5. The summed E-state index contributed by atoms with van der Waals surface area (Å²) in [6.45, 7) is 4.45. The quantitative estimate of drug-likeness (QED) is 0.224. The number of carboxylic acids is 1. The van der Waals surface area contributed by atoms with Gasteiger partial charge in [-0.25, -0.2) is 4.79 Å². The number of unbranched alkanes of at least 4 members (excludes halogenated alkanes) is 10. The summed E-state index contributed by atoms with van der Waals surface area (Å²) < 4.78 is 10.8. The van der Waals surface area contributed by atoms with Crippen LogP contribution < -0.4 is 0 Å². The van der Waals surface area contributed by atoms with Gasteiger partial charge in [0.15, 0.2) is 0 Å². The van der Waals surface area contributed by atoms with Crippen LogP contribution in [-0.4, -0.2) is 41.8 Å². The molecule has 0 saturated carbocycles. The van der Waals surface area contributed by atoms with Crippen molar-refractivity contribution in [3.63, 3.8) is 0 Å². The van der Waals surface area contributed by atoms with E-state index in [0.717, 1.165) is 19.3 Å². The molecule has 5 heteroatoms. The van der Waals surface area contributed by atoms with E-state index in [1.165, 1.54) is 64.2 Å². The highest BCUT2D eigenvalue weighted by molar-refractivity contribution is 5.70. The smallest absolute Gasteiger partial charge is 0.361 e. The number of aliphatic hydroxyl groups excluding tert-OH is 1. The third kappa shape index (κ3) is 15.6. The average Bonchev–Trinajstić information content (AvgIpc) is 2.63. The van der Waals surface area contributed by atoms with E-state index < -0.39 is 12.3 Å². The molecule has 0 saturated heterocycles. The van der Waals surface area contributed by atoms with Crippen molar-refractivity contribution in [3.8, 4) is 0 Å². The van der Waals surface area contributed by atoms with Crippen LogP contribution in [0.15, 0.2) is 0 Å². The first-order valence-corrected chi connectivity index (χ1v) is 10.8. The van der Waals surface area contributed by atoms with Crippen LogP contribution >= 0.6 is 0 Å². The van der Waals surface area contributed by atoms with Crippen molar-refractivity contribution in [1.29, 1.82) is 0 Å². The van der Waals surface area contributed by atoms with Crippen LogP contribution in [0.4, 0.5) is 0 Å². The van der Waals surface area contributed by atoms with E-state index in [4.69, 9.17) is 19.7 Å². The molecule has 0 fully saturated rings. The summed E-state index contributed by atoms with van der Waals surface area (Å²) in [4.78, 5) is 11.2. The van der Waals surface area contributed by atoms with Crippen LogP contribution in [0.3, 0.4) is 0 Å². The highest BCUT2D eigenvalue weighted by atomic mass is 16.7. The van der Waals surface area contributed by atoms with Gasteiger partial charge in [-0.15, -0.1) is 0 Å². The molecule has 5 nitrogen and oxygen atoms in total. The Labute approximate surface area is 160 Å². The minimum absolute atomic E-state index is 0.0116. The lowest BCUT2D eigenvalue weighted by Crippen LogP contribution is -2.32. The van der Waals surface area contributed by atoms with Crippen LogP contribution in [-0.2, 0) is 14.3 Å². The number of carboxylic acid groups (broad SMARTS) is 1. The Kier molecular flexibility index (Phi) is 18.6. The Morgan fingerprint density at radius 1 is 0.846 bits per heavy atom. The third-order valence-corrected chi connectivity index (χ3v) is 4.67. The van der Waals surface area contributed by atoms with Gasteiger partial charge in [0.05, 0.1) is 12.7 Å². The van der Waals surface area contributed by atoms with Crippen molar-refractivity contribution >= 4 is 5.97 Å². The lowest BCUT2D eigenvalue weighted by molar-refractivity contribution is -0.203. The van der Waals surface area contributed by atoms with E-state index in [0.29, 0.717) is 6.42 Å². The van der Waals surface area contributed by atoms with Gasteiger partial charge in [0.25, 0.3) is 6.29 Å². The van der Waals surface area contributed by atoms with Gasteiger partial charge in [-0.2, -0.15) is 0 Å². The molecular weight excluding hydrogens is 332 g/mol. The van der Waals surface area contributed by atoms with Crippen LogP contribution in [0.1, 0.15) is 104 Å². The van der Waals surface area contributed by atoms with E-state index in [2.05, 4.69) is 6.92 Å². The Morgan fingerprint density at radius 3 is 1.85 bits per heavy atom. The van der Waals surface area contributed by atoms with Gasteiger partial charge in [-0.05, 0) is 19.3 Å². The second-order valence-electron chi connectivity index (χ2n) is 7.11. The maximum Gasteiger partial charge on any atom is 0.361 e. The molecule has 0 heterocycles. The number of hydrogen-bond donors (Lipinski definition) is 2. The van der Waals surface area contributed by atoms with Crippen molar-refractivity contribution in [3.05, 3.63) is 0 Å². The molecule has 2 unspecified atom stereocenters. The van der Waals surface area contributed by atoms with E-state index in [9.17, 15) is 4.79 Å². The maximum absolute atomic E-state index is 11.2. The fourth-order valence-corrected chi connectivity index (χ4v) is 3.00. The van der Waals surface area contributed by atoms with Gasteiger partial charge in [-0.1, -0.05) is 84.5 Å². The van der Waals surface area contributed by atoms with Crippen LogP contribution in [0, 0.1) is 0 Å². The summed E-state index contributed by atoms with van der Waals surface area (Å²) in [7, 11) is 0. The van der Waals surface area contributed by atoms with Crippen LogP contribution in [0.5, 0.6) is 0 Å². The number of aliphatic hydroxyl groups is 1. The molecule has 26 heavy (non-hydrogen) atoms. The standard InChI is InChI=1S/C21H42O5/c1-3-5-6-7-8-9-10-11-12-13-14-16-19(4-2)26-21(20(23)24)25-18-15-17-22/h19,21-22H,3-18H2,1-2H3,(H,23,24). The zero-order valence-electron chi connectivity index (χ0n) is 17.1. The molecule has 0 aliphatic carbocycles. The lowest BCUT2D eigenvalue weighted by atomic mass is 10.0. The van der Waals surface area contributed by atoms with E-state index in [1.54, 1.807) is 0 Å². The first kappa shape index (κ1) is 25.4. The summed E-state index contributed by atoms with van der Waals surface area (Å²) in [5.41, 5.74) is 0. The molecule has 0 radical (unpaired) electrons. The van der Waals surface area contributed by atoms with Gasteiger partial charge in [0.2, 0.25) is 0 Å². The highest BCUT2D eigenvalue weighted by Crippen LogP contribution is 2.16. The van der Waals surface area contributed by atoms with Crippen molar-refractivity contribution in [2.24, 2.45) is 0 Å².